The van der Waals surface area contributed by atoms with Crippen LogP contribution in [0.4, 0.5) is 14.5 Å². The number of hydrogen-bond donors (Lipinski definition) is 2. The van der Waals surface area contributed by atoms with Crippen molar-refractivity contribution in [1.29, 1.82) is 0 Å². The Hall–Kier alpha value is -1.14. The van der Waals surface area contributed by atoms with Gasteiger partial charge in [-0.05, 0) is 49.1 Å². The summed E-state index contributed by atoms with van der Waals surface area (Å²) in [6.07, 6.45) is 2.07. The van der Waals surface area contributed by atoms with Crippen LogP contribution in [0.25, 0.3) is 0 Å². The van der Waals surface area contributed by atoms with Gasteiger partial charge in [-0.15, -0.1) is 0 Å². The molecule has 6 heteroatoms. The van der Waals surface area contributed by atoms with Crippen LogP contribution in [0.3, 0.4) is 0 Å². The van der Waals surface area contributed by atoms with Crippen LogP contribution in [-0.4, -0.2) is 24.3 Å². The lowest BCUT2D eigenvalue weighted by Gasteiger charge is -2.38. The highest BCUT2D eigenvalue weighted by atomic mass is 32.2. The number of rotatable bonds is 4. The van der Waals surface area contributed by atoms with E-state index in [-0.39, 0.29) is 17.4 Å². The second kappa shape index (κ2) is 6.75. The predicted molar refractivity (Wildman–Crippen MR) is 81.7 cm³/mol. The van der Waals surface area contributed by atoms with Gasteiger partial charge in [-0.1, -0.05) is 25.6 Å². The molecule has 1 atom stereocenters. The first-order valence-corrected chi connectivity index (χ1v) is 7.85. The number of amides is 1. The molecule has 1 heterocycles. The van der Waals surface area contributed by atoms with Crippen LogP contribution in [0.1, 0.15) is 26.7 Å². The normalized spacial score (nSPS) is 21.3. The highest BCUT2D eigenvalue weighted by Crippen LogP contribution is 2.31. The van der Waals surface area contributed by atoms with Gasteiger partial charge in [-0.3, -0.25) is 4.79 Å². The summed E-state index contributed by atoms with van der Waals surface area (Å²) in [4.78, 5) is 12.8. The number of nitrogens with one attached hydrogen (secondary N) is 2. The minimum Gasteiger partial charge on any atom is -0.325 e. The van der Waals surface area contributed by atoms with Gasteiger partial charge >= 0.3 is 0 Å². The first kappa shape index (κ1) is 16.2. The molecule has 0 radical (unpaired) electrons. The summed E-state index contributed by atoms with van der Waals surface area (Å²) in [6.45, 7) is 4.99. The van der Waals surface area contributed by atoms with Gasteiger partial charge in [0.25, 0.3) is 5.76 Å². The van der Waals surface area contributed by atoms with Gasteiger partial charge in [-0.25, -0.2) is 0 Å². The average Bonchev–Trinajstić information content (AvgIpc) is 2.39. The van der Waals surface area contributed by atoms with Crippen molar-refractivity contribution in [2.24, 2.45) is 5.41 Å². The number of halogens is 2. The zero-order valence-electron chi connectivity index (χ0n) is 12.2. The Morgan fingerprint density at radius 1 is 1.38 bits per heavy atom. The molecule has 0 saturated carbocycles. The third kappa shape index (κ3) is 4.41. The monoisotopic (exact) mass is 314 g/mol. The number of hydrogen-bond acceptors (Lipinski definition) is 3. The maximum Gasteiger partial charge on any atom is 0.288 e. The van der Waals surface area contributed by atoms with Crippen molar-refractivity contribution in [2.75, 3.05) is 11.9 Å². The lowest BCUT2D eigenvalue weighted by Crippen LogP contribution is -2.53. The molecule has 0 spiro atoms. The maximum absolute atomic E-state index is 12.3. The summed E-state index contributed by atoms with van der Waals surface area (Å²) >= 11 is 0.495. The summed E-state index contributed by atoms with van der Waals surface area (Å²) in [6, 6.07) is 6.25. The topological polar surface area (TPSA) is 41.1 Å². The fraction of sp³-hybridized carbons (Fsp3) is 0.533. The molecule has 1 saturated heterocycles. The van der Waals surface area contributed by atoms with E-state index in [1.54, 1.807) is 24.3 Å². The zero-order chi connectivity index (χ0) is 15.5. The smallest absolute Gasteiger partial charge is 0.288 e. The van der Waals surface area contributed by atoms with Gasteiger partial charge in [0, 0.05) is 10.6 Å². The molecule has 0 aliphatic carbocycles. The largest absolute Gasteiger partial charge is 0.325 e. The number of carbonyl (C=O) groups is 1. The van der Waals surface area contributed by atoms with Crippen molar-refractivity contribution >= 4 is 23.4 Å². The van der Waals surface area contributed by atoms with E-state index in [9.17, 15) is 13.6 Å². The molecular formula is C15H20F2N2OS. The number of anilines is 1. The first-order chi connectivity index (χ1) is 9.88. The molecule has 116 valence electrons. The van der Waals surface area contributed by atoms with Crippen LogP contribution in [0, 0.1) is 5.41 Å². The molecule has 1 unspecified atom stereocenters. The van der Waals surface area contributed by atoms with Crippen molar-refractivity contribution < 1.29 is 13.6 Å². The summed E-state index contributed by atoms with van der Waals surface area (Å²) in [7, 11) is 0. The first-order valence-electron chi connectivity index (χ1n) is 6.97. The Morgan fingerprint density at radius 2 is 2.05 bits per heavy atom. The summed E-state index contributed by atoms with van der Waals surface area (Å²) in [5.41, 5.74) is 0.537. The van der Waals surface area contributed by atoms with E-state index in [1.807, 2.05) is 0 Å². The lowest BCUT2D eigenvalue weighted by molar-refractivity contribution is -0.121. The number of alkyl halides is 2. The van der Waals surface area contributed by atoms with Crippen molar-refractivity contribution in [3.05, 3.63) is 24.3 Å². The molecule has 21 heavy (non-hydrogen) atoms. The van der Waals surface area contributed by atoms with Gasteiger partial charge in [0.1, 0.15) is 0 Å². The molecule has 2 N–H and O–H groups in total. The molecule has 0 aromatic heterocycles. The van der Waals surface area contributed by atoms with Crippen molar-refractivity contribution in [3.8, 4) is 0 Å². The molecule has 1 aliphatic heterocycles. The number of carbonyl (C=O) groups excluding carboxylic acids is 1. The minimum absolute atomic E-state index is 0.0750. The predicted octanol–water partition coefficient (Wildman–Crippen LogP) is 3.72. The highest BCUT2D eigenvalue weighted by Gasteiger charge is 2.36. The molecule has 3 nitrogen and oxygen atoms in total. The van der Waals surface area contributed by atoms with Crippen LogP contribution >= 0.6 is 11.8 Å². The Balaban J connectivity index is 1.99. The van der Waals surface area contributed by atoms with E-state index in [2.05, 4.69) is 24.5 Å². The van der Waals surface area contributed by atoms with Crippen molar-refractivity contribution in [3.63, 3.8) is 0 Å². The van der Waals surface area contributed by atoms with Gasteiger partial charge in [0.15, 0.2) is 0 Å². The van der Waals surface area contributed by atoms with Gasteiger partial charge in [0.2, 0.25) is 5.91 Å². The third-order valence-corrected chi connectivity index (χ3v) is 4.46. The summed E-state index contributed by atoms with van der Waals surface area (Å²) in [5.74, 6) is -2.51. The number of thioether (sulfide) groups is 1. The quantitative estimate of drug-likeness (QED) is 0.832. The van der Waals surface area contributed by atoms with E-state index < -0.39 is 5.76 Å². The van der Waals surface area contributed by atoms with E-state index in [0.29, 0.717) is 22.3 Å². The zero-order valence-corrected chi connectivity index (χ0v) is 13.0. The van der Waals surface area contributed by atoms with Crippen LogP contribution in [-0.2, 0) is 4.79 Å². The Bertz CT molecular complexity index is 491. The van der Waals surface area contributed by atoms with E-state index in [4.69, 9.17) is 0 Å². The fourth-order valence-electron chi connectivity index (χ4n) is 2.59. The van der Waals surface area contributed by atoms with Crippen molar-refractivity contribution in [1.82, 2.24) is 5.32 Å². The highest BCUT2D eigenvalue weighted by molar-refractivity contribution is 7.99. The molecule has 1 aromatic rings. The maximum atomic E-state index is 12.3. The minimum atomic E-state index is -2.43. The van der Waals surface area contributed by atoms with Crippen LogP contribution < -0.4 is 10.6 Å². The summed E-state index contributed by atoms with van der Waals surface area (Å²) in [5, 5.41) is 6.10. The van der Waals surface area contributed by atoms with Crippen molar-refractivity contribution in [2.45, 2.75) is 43.4 Å². The molecule has 1 amide bonds. The molecule has 1 aromatic carbocycles. The van der Waals surface area contributed by atoms with Gasteiger partial charge < -0.3 is 10.6 Å². The van der Waals surface area contributed by atoms with E-state index >= 15 is 0 Å². The summed E-state index contributed by atoms with van der Waals surface area (Å²) < 4.78 is 24.5. The lowest BCUT2D eigenvalue weighted by atomic mass is 9.77. The molecule has 2 rings (SSSR count). The number of piperidine rings is 1. The Labute approximate surface area is 127 Å². The SMILES string of the molecule is CC1(C)CCCNC1C(=O)Nc1ccc(SC(F)F)cc1. The van der Waals surface area contributed by atoms with Crippen LogP contribution in [0.15, 0.2) is 29.2 Å². The van der Waals surface area contributed by atoms with Gasteiger partial charge in [0.05, 0.1) is 6.04 Å². The van der Waals surface area contributed by atoms with Gasteiger partial charge in [-0.2, -0.15) is 8.78 Å². The molecular weight excluding hydrogens is 294 g/mol. The van der Waals surface area contributed by atoms with E-state index in [0.717, 1.165) is 19.4 Å². The molecule has 1 aliphatic rings. The van der Waals surface area contributed by atoms with Crippen LogP contribution in [0.2, 0.25) is 0 Å². The number of benzene rings is 1. The second-order valence-corrected chi connectivity index (χ2v) is 6.93. The standard InChI is InChI=1S/C15H20F2N2OS/c1-15(2)8-3-9-18-12(15)13(20)19-10-4-6-11(7-5-10)21-14(16)17/h4-7,12,14,18H,3,8-9H2,1-2H3,(H,19,20). The molecule has 0 bridgehead atoms. The third-order valence-electron chi connectivity index (χ3n) is 3.74. The van der Waals surface area contributed by atoms with Crippen LogP contribution in [0.5, 0.6) is 0 Å². The average molecular weight is 314 g/mol. The fourth-order valence-corrected chi connectivity index (χ4v) is 3.09. The van der Waals surface area contributed by atoms with E-state index in [1.165, 1.54) is 0 Å². The Morgan fingerprint density at radius 3 is 2.62 bits per heavy atom. The molecule has 1 fully saturated rings. The Kier molecular flexibility index (Phi) is 5.22. The second-order valence-electron chi connectivity index (χ2n) is 5.87.